The lowest BCUT2D eigenvalue weighted by atomic mass is 10.0. The van der Waals surface area contributed by atoms with Crippen molar-refractivity contribution in [3.8, 4) is 0 Å². The number of rotatable bonds is 7. The lowest BCUT2D eigenvalue weighted by molar-refractivity contribution is -0.176. The van der Waals surface area contributed by atoms with Gasteiger partial charge in [0.25, 0.3) is 11.8 Å². The maximum Gasteiger partial charge on any atom is 0.305 e. The predicted molar refractivity (Wildman–Crippen MR) is 113 cm³/mol. The topological polar surface area (TPSA) is 153 Å². The van der Waals surface area contributed by atoms with Crippen molar-refractivity contribution < 1.29 is 33.9 Å². The molecule has 0 radical (unpaired) electrons. The van der Waals surface area contributed by atoms with Crippen molar-refractivity contribution in [2.75, 3.05) is 6.54 Å². The molecule has 4 amide bonds. The predicted octanol–water partition coefficient (Wildman–Crippen LogP) is -0.220. The van der Waals surface area contributed by atoms with E-state index in [1.807, 2.05) is 0 Å². The van der Waals surface area contributed by atoms with E-state index in [0.717, 1.165) is 10.6 Å². The minimum Gasteiger partial charge on any atom is -0.481 e. The van der Waals surface area contributed by atoms with Gasteiger partial charge >= 0.3 is 5.97 Å². The molecule has 1 aromatic carbocycles. The lowest BCUT2D eigenvalue weighted by Gasteiger charge is -2.43. The van der Waals surface area contributed by atoms with Gasteiger partial charge in [-0.2, -0.15) is 0 Å². The third-order valence-corrected chi connectivity index (χ3v) is 5.75. The van der Waals surface area contributed by atoms with E-state index in [4.69, 9.17) is 5.11 Å². The number of carbonyl (C=O) groups excluding carboxylic acids is 5. The first kappa shape index (κ1) is 23.9. The molecule has 2 aliphatic rings. The van der Waals surface area contributed by atoms with Crippen LogP contribution in [0.25, 0.3) is 0 Å². The highest BCUT2D eigenvalue weighted by molar-refractivity contribution is 6.00. The number of hydrazine groups is 1. The molecule has 33 heavy (non-hydrogen) atoms. The Morgan fingerprint density at radius 3 is 2.61 bits per heavy atom. The van der Waals surface area contributed by atoms with E-state index in [1.54, 1.807) is 31.2 Å². The van der Waals surface area contributed by atoms with Crippen LogP contribution in [0.4, 0.5) is 0 Å². The van der Waals surface area contributed by atoms with Crippen molar-refractivity contribution in [1.82, 2.24) is 20.7 Å². The molecular weight excluding hydrogens is 432 g/mol. The average molecular weight is 458 g/mol. The Bertz CT molecular complexity index is 979. The molecule has 1 aromatic rings. The number of aliphatic carboxylic acids is 1. The largest absolute Gasteiger partial charge is 0.481 e. The van der Waals surface area contributed by atoms with E-state index in [2.05, 4.69) is 10.6 Å². The summed E-state index contributed by atoms with van der Waals surface area (Å²) in [4.78, 5) is 73.8. The van der Waals surface area contributed by atoms with Gasteiger partial charge in [0.2, 0.25) is 11.8 Å². The van der Waals surface area contributed by atoms with E-state index < -0.39 is 48.2 Å². The van der Waals surface area contributed by atoms with Crippen LogP contribution in [-0.2, 0) is 24.0 Å². The number of hydrogen-bond acceptors (Lipinski definition) is 6. The van der Waals surface area contributed by atoms with E-state index in [-0.39, 0.29) is 31.7 Å². The highest BCUT2D eigenvalue weighted by Gasteiger charge is 2.45. The van der Waals surface area contributed by atoms with Gasteiger partial charge in [0.15, 0.2) is 0 Å². The van der Waals surface area contributed by atoms with Gasteiger partial charge in [-0.3, -0.25) is 29.0 Å². The SMILES string of the molecule is Cc1ccccc1C(=O)NC1CCC(=O)N2CCC[C@@H](C(=O)N[C@H](C=O)CC(=O)O)N2C1=O. The van der Waals surface area contributed by atoms with E-state index in [1.165, 1.54) is 5.01 Å². The lowest BCUT2D eigenvalue weighted by Crippen LogP contribution is -2.64. The minimum absolute atomic E-state index is 0.00523. The fourth-order valence-corrected chi connectivity index (χ4v) is 4.07. The van der Waals surface area contributed by atoms with Crippen molar-refractivity contribution in [3.05, 3.63) is 35.4 Å². The summed E-state index contributed by atoms with van der Waals surface area (Å²) in [6.45, 7) is 2.00. The highest BCUT2D eigenvalue weighted by atomic mass is 16.4. The van der Waals surface area contributed by atoms with Crippen LogP contribution < -0.4 is 10.6 Å². The summed E-state index contributed by atoms with van der Waals surface area (Å²) in [7, 11) is 0. The summed E-state index contributed by atoms with van der Waals surface area (Å²) >= 11 is 0. The summed E-state index contributed by atoms with van der Waals surface area (Å²) in [5.41, 5.74) is 1.12. The number of aryl methyl sites for hydroxylation is 1. The van der Waals surface area contributed by atoms with Crippen LogP contribution in [0.3, 0.4) is 0 Å². The number of fused-ring (bicyclic) bond motifs is 1. The number of amides is 4. The van der Waals surface area contributed by atoms with E-state index in [0.29, 0.717) is 18.3 Å². The second-order valence-corrected chi connectivity index (χ2v) is 8.09. The molecular formula is C22H26N4O7. The van der Waals surface area contributed by atoms with Gasteiger partial charge in [0.05, 0.1) is 12.5 Å². The zero-order valence-electron chi connectivity index (χ0n) is 18.2. The Balaban J connectivity index is 1.82. The molecule has 2 fully saturated rings. The summed E-state index contributed by atoms with van der Waals surface area (Å²) in [5.74, 6) is -3.43. The maximum atomic E-state index is 13.4. The second kappa shape index (κ2) is 10.2. The molecule has 176 valence electrons. The number of carboxylic acids is 1. The van der Waals surface area contributed by atoms with Gasteiger partial charge in [-0.25, -0.2) is 5.01 Å². The average Bonchev–Trinajstić information content (AvgIpc) is 2.90. The van der Waals surface area contributed by atoms with Gasteiger partial charge in [-0.05, 0) is 37.8 Å². The van der Waals surface area contributed by atoms with Crippen LogP contribution >= 0.6 is 0 Å². The quantitative estimate of drug-likeness (QED) is 0.478. The third-order valence-electron chi connectivity index (χ3n) is 5.75. The summed E-state index contributed by atoms with van der Waals surface area (Å²) in [6.07, 6.45) is 0.454. The number of benzene rings is 1. The first-order valence-corrected chi connectivity index (χ1v) is 10.7. The van der Waals surface area contributed by atoms with Crippen LogP contribution in [0.5, 0.6) is 0 Å². The summed E-state index contributed by atoms with van der Waals surface area (Å²) in [5, 5.41) is 16.2. The number of carbonyl (C=O) groups is 6. The summed E-state index contributed by atoms with van der Waals surface area (Å²) in [6, 6.07) is 3.48. The first-order valence-electron chi connectivity index (χ1n) is 10.7. The molecule has 2 heterocycles. The molecule has 0 bridgehead atoms. The fourth-order valence-electron chi connectivity index (χ4n) is 4.07. The van der Waals surface area contributed by atoms with Gasteiger partial charge < -0.3 is 20.5 Å². The zero-order chi connectivity index (χ0) is 24.1. The zero-order valence-corrected chi connectivity index (χ0v) is 18.2. The molecule has 0 spiro atoms. The van der Waals surface area contributed by atoms with Crippen molar-refractivity contribution in [2.45, 2.75) is 57.2 Å². The molecule has 1 unspecified atom stereocenters. The number of carboxylic acid groups (broad SMARTS) is 1. The Morgan fingerprint density at radius 2 is 1.94 bits per heavy atom. The normalized spacial score (nSPS) is 21.5. The van der Waals surface area contributed by atoms with Gasteiger partial charge in [0.1, 0.15) is 18.4 Å². The second-order valence-electron chi connectivity index (χ2n) is 8.09. The van der Waals surface area contributed by atoms with Gasteiger partial charge in [-0.1, -0.05) is 18.2 Å². The van der Waals surface area contributed by atoms with Crippen LogP contribution in [0.15, 0.2) is 24.3 Å². The monoisotopic (exact) mass is 458 g/mol. The van der Waals surface area contributed by atoms with Crippen molar-refractivity contribution >= 4 is 35.9 Å². The van der Waals surface area contributed by atoms with E-state index in [9.17, 15) is 28.8 Å². The third kappa shape index (κ3) is 5.36. The molecule has 2 aliphatic heterocycles. The standard InChI is InChI=1S/C22H26N4O7/c1-13-5-2-3-6-15(13)20(31)24-16-8-9-18(28)25-10-4-7-17(26(25)22(16)33)21(32)23-14(12-27)11-19(29)30/h2-3,5-6,12,14,16-17H,4,7-11H2,1H3,(H,23,32)(H,24,31)(H,29,30)/t14-,16?,17-/m0/s1. The Morgan fingerprint density at radius 1 is 1.21 bits per heavy atom. The molecule has 0 saturated carbocycles. The van der Waals surface area contributed by atoms with Crippen LogP contribution in [0, 0.1) is 6.92 Å². The molecule has 2 saturated heterocycles. The Hall–Kier alpha value is -3.76. The van der Waals surface area contributed by atoms with Crippen LogP contribution in [0.1, 0.15) is 48.0 Å². The Labute approximate surface area is 190 Å². The fraction of sp³-hybridized carbons (Fsp3) is 0.455. The number of nitrogens with one attached hydrogen (secondary N) is 2. The summed E-state index contributed by atoms with van der Waals surface area (Å²) < 4.78 is 0. The highest BCUT2D eigenvalue weighted by Crippen LogP contribution is 2.25. The number of hydrogen-bond donors (Lipinski definition) is 3. The van der Waals surface area contributed by atoms with Crippen molar-refractivity contribution in [3.63, 3.8) is 0 Å². The van der Waals surface area contributed by atoms with E-state index >= 15 is 0 Å². The molecule has 11 heteroatoms. The van der Waals surface area contributed by atoms with Crippen LogP contribution in [-0.4, -0.2) is 75.7 Å². The smallest absolute Gasteiger partial charge is 0.305 e. The molecule has 3 atom stereocenters. The van der Waals surface area contributed by atoms with Crippen LogP contribution in [0.2, 0.25) is 0 Å². The first-order chi connectivity index (χ1) is 15.7. The van der Waals surface area contributed by atoms with Crippen molar-refractivity contribution in [1.29, 1.82) is 0 Å². The Kier molecular flexibility index (Phi) is 7.41. The molecule has 0 aromatic heterocycles. The van der Waals surface area contributed by atoms with Gasteiger partial charge in [-0.15, -0.1) is 0 Å². The maximum absolute atomic E-state index is 13.4. The molecule has 0 aliphatic carbocycles. The molecule has 3 N–H and O–H groups in total. The number of nitrogens with zero attached hydrogens (tertiary/aromatic N) is 2. The molecule has 11 nitrogen and oxygen atoms in total. The van der Waals surface area contributed by atoms with Crippen molar-refractivity contribution in [2.24, 2.45) is 0 Å². The van der Waals surface area contributed by atoms with Gasteiger partial charge in [0, 0.05) is 18.5 Å². The number of aldehydes is 1. The minimum atomic E-state index is -1.27. The molecule has 3 rings (SSSR count).